The van der Waals surface area contributed by atoms with Gasteiger partial charge in [-0.2, -0.15) is 0 Å². The number of likely N-dealkylation sites (N-methyl/N-ethyl adjacent to an activating group) is 1. The van der Waals surface area contributed by atoms with Gasteiger partial charge >= 0.3 is 0 Å². The number of nitrogens with zero attached hydrogens (tertiary/aromatic N) is 2. The number of pyridine rings is 1. The molecule has 1 heterocycles. The lowest BCUT2D eigenvalue weighted by Crippen LogP contribution is -2.43. The van der Waals surface area contributed by atoms with Crippen LogP contribution >= 0.6 is 0 Å². The Hall–Kier alpha value is -1.13. The first kappa shape index (κ1) is 15.9. The SMILES string of the molecule is CC(C)c1cc(CN)cc(OCC(C)(C)N(C)C)n1. The summed E-state index contributed by atoms with van der Waals surface area (Å²) in [6, 6.07) is 3.98. The van der Waals surface area contributed by atoms with Gasteiger partial charge in [-0.3, -0.25) is 0 Å². The molecule has 0 fully saturated rings. The molecule has 2 N–H and O–H groups in total. The molecule has 1 aromatic rings. The van der Waals surface area contributed by atoms with Gasteiger partial charge in [-0.25, -0.2) is 4.98 Å². The fourth-order valence-electron chi connectivity index (χ4n) is 1.45. The first-order chi connectivity index (χ1) is 8.76. The molecule has 0 amide bonds. The summed E-state index contributed by atoms with van der Waals surface area (Å²) < 4.78 is 5.86. The van der Waals surface area contributed by atoms with Crippen molar-refractivity contribution < 1.29 is 4.74 Å². The first-order valence-electron chi connectivity index (χ1n) is 6.77. The van der Waals surface area contributed by atoms with E-state index in [1.54, 1.807) is 0 Å². The van der Waals surface area contributed by atoms with Gasteiger partial charge in [-0.05, 0) is 45.5 Å². The van der Waals surface area contributed by atoms with Gasteiger partial charge in [0.25, 0.3) is 0 Å². The molecule has 0 radical (unpaired) electrons. The first-order valence-corrected chi connectivity index (χ1v) is 6.77. The van der Waals surface area contributed by atoms with Gasteiger partial charge in [0.05, 0.1) is 0 Å². The summed E-state index contributed by atoms with van der Waals surface area (Å²) in [5.41, 5.74) is 7.79. The maximum absolute atomic E-state index is 5.86. The average molecular weight is 265 g/mol. The van der Waals surface area contributed by atoms with Crippen LogP contribution in [0.1, 0.15) is 44.9 Å². The van der Waals surface area contributed by atoms with E-state index in [9.17, 15) is 0 Å². The Labute approximate surface area is 117 Å². The third-order valence-corrected chi connectivity index (χ3v) is 3.49. The van der Waals surface area contributed by atoms with Crippen LogP contribution in [0.5, 0.6) is 5.88 Å². The molecule has 4 nitrogen and oxygen atoms in total. The Balaban J connectivity index is 2.86. The van der Waals surface area contributed by atoms with E-state index < -0.39 is 0 Å². The van der Waals surface area contributed by atoms with Gasteiger partial charge in [0.15, 0.2) is 0 Å². The molecule has 0 aromatic carbocycles. The smallest absolute Gasteiger partial charge is 0.213 e. The Kier molecular flexibility index (Phi) is 5.32. The number of nitrogens with two attached hydrogens (primary N) is 1. The van der Waals surface area contributed by atoms with E-state index >= 15 is 0 Å². The molecule has 0 saturated heterocycles. The Morgan fingerprint density at radius 3 is 2.42 bits per heavy atom. The van der Waals surface area contributed by atoms with E-state index in [4.69, 9.17) is 10.5 Å². The van der Waals surface area contributed by atoms with Crippen molar-refractivity contribution in [3.8, 4) is 5.88 Å². The molecule has 108 valence electrons. The summed E-state index contributed by atoms with van der Waals surface area (Å²) in [6.45, 7) is 9.63. The van der Waals surface area contributed by atoms with E-state index in [-0.39, 0.29) is 5.54 Å². The summed E-state index contributed by atoms with van der Waals surface area (Å²) in [4.78, 5) is 6.69. The second kappa shape index (κ2) is 6.35. The summed E-state index contributed by atoms with van der Waals surface area (Å²) in [5.74, 6) is 1.04. The quantitative estimate of drug-likeness (QED) is 0.858. The maximum Gasteiger partial charge on any atom is 0.213 e. The van der Waals surface area contributed by atoms with Crippen molar-refractivity contribution in [2.45, 2.75) is 45.7 Å². The van der Waals surface area contributed by atoms with Crippen molar-refractivity contribution in [2.75, 3.05) is 20.7 Å². The molecular formula is C15H27N3O. The second-order valence-corrected chi connectivity index (χ2v) is 6.09. The monoisotopic (exact) mass is 265 g/mol. The minimum absolute atomic E-state index is 0.0294. The number of hydrogen-bond donors (Lipinski definition) is 1. The lowest BCUT2D eigenvalue weighted by atomic mass is 10.1. The molecule has 1 aromatic heterocycles. The number of ether oxygens (including phenoxy) is 1. The third kappa shape index (κ3) is 4.48. The number of hydrogen-bond acceptors (Lipinski definition) is 4. The highest BCUT2D eigenvalue weighted by molar-refractivity contribution is 5.26. The molecular weight excluding hydrogens is 238 g/mol. The van der Waals surface area contributed by atoms with Crippen LogP contribution in [-0.4, -0.2) is 36.1 Å². The molecule has 19 heavy (non-hydrogen) atoms. The summed E-state index contributed by atoms with van der Waals surface area (Å²) >= 11 is 0. The lowest BCUT2D eigenvalue weighted by molar-refractivity contribution is 0.111. The minimum Gasteiger partial charge on any atom is -0.476 e. The van der Waals surface area contributed by atoms with E-state index in [1.807, 2.05) is 20.2 Å². The fourth-order valence-corrected chi connectivity index (χ4v) is 1.45. The molecule has 4 heteroatoms. The molecule has 0 saturated carbocycles. The molecule has 0 atom stereocenters. The highest BCUT2D eigenvalue weighted by Gasteiger charge is 2.21. The molecule has 0 aliphatic rings. The number of aromatic nitrogens is 1. The van der Waals surface area contributed by atoms with Crippen molar-refractivity contribution in [2.24, 2.45) is 5.73 Å². The van der Waals surface area contributed by atoms with Gasteiger partial charge in [-0.1, -0.05) is 13.8 Å². The normalized spacial score (nSPS) is 12.3. The Morgan fingerprint density at radius 1 is 1.32 bits per heavy atom. The largest absolute Gasteiger partial charge is 0.476 e. The van der Waals surface area contributed by atoms with Crippen molar-refractivity contribution >= 4 is 0 Å². The van der Waals surface area contributed by atoms with Gasteiger partial charge in [-0.15, -0.1) is 0 Å². The molecule has 0 aliphatic heterocycles. The van der Waals surface area contributed by atoms with Gasteiger partial charge in [0.1, 0.15) is 6.61 Å². The fraction of sp³-hybridized carbons (Fsp3) is 0.667. The third-order valence-electron chi connectivity index (χ3n) is 3.49. The van der Waals surface area contributed by atoms with Crippen LogP contribution in [0.3, 0.4) is 0 Å². The second-order valence-electron chi connectivity index (χ2n) is 6.09. The van der Waals surface area contributed by atoms with Crippen LogP contribution in [-0.2, 0) is 6.54 Å². The molecule has 0 spiro atoms. The van der Waals surface area contributed by atoms with Gasteiger partial charge < -0.3 is 15.4 Å². The van der Waals surface area contributed by atoms with Crippen LogP contribution in [0.4, 0.5) is 0 Å². The van der Waals surface area contributed by atoms with E-state index in [0.717, 1.165) is 11.3 Å². The highest BCUT2D eigenvalue weighted by Crippen LogP contribution is 2.20. The van der Waals surface area contributed by atoms with E-state index in [2.05, 4.69) is 43.6 Å². The van der Waals surface area contributed by atoms with E-state index in [0.29, 0.717) is 24.9 Å². The standard InChI is InChI=1S/C15H27N3O/c1-11(2)13-7-12(9-16)8-14(17-13)19-10-15(3,4)18(5)6/h7-8,11H,9-10,16H2,1-6H3. The van der Waals surface area contributed by atoms with Crippen molar-refractivity contribution in [1.29, 1.82) is 0 Å². The van der Waals surface area contributed by atoms with Gasteiger partial charge in [0, 0.05) is 23.8 Å². The minimum atomic E-state index is -0.0294. The molecule has 0 unspecified atom stereocenters. The zero-order valence-corrected chi connectivity index (χ0v) is 13.0. The van der Waals surface area contributed by atoms with Crippen molar-refractivity contribution in [1.82, 2.24) is 9.88 Å². The van der Waals surface area contributed by atoms with Crippen LogP contribution in [0.25, 0.3) is 0 Å². The topological polar surface area (TPSA) is 51.4 Å². The maximum atomic E-state index is 5.86. The van der Waals surface area contributed by atoms with Crippen LogP contribution in [0, 0.1) is 0 Å². The van der Waals surface area contributed by atoms with Crippen LogP contribution in [0.2, 0.25) is 0 Å². The molecule has 0 aliphatic carbocycles. The molecule has 0 bridgehead atoms. The molecule has 1 rings (SSSR count). The zero-order chi connectivity index (χ0) is 14.6. The van der Waals surface area contributed by atoms with Crippen LogP contribution in [0.15, 0.2) is 12.1 Å². The summed E-state index contributed by atoms with van der Waals surface area (Å²) in [7, 11) is 4.10. The average Bonchev–Trinajstić information content (AvgIpc) is 2.35. The lowest BCUT2D eigenvalue weighted by Gasteiger charge is -2.32. The predicted octanol–water partition coefficient (Wildman–Crippen LogP) is 2.38. The zero-order valence-electron chi connectivity index (χ0n) is 13.0. The summed E-state index contributed by atoms with van der Waals surface area (Å²) in [5, 5.41) is 0. The van der Waals surface area contributed by atoms with E-state index in [1.165, 1.54) is 0 Å². The van der Waals surface area contributed by atoms with Gasteiger partial charge in [0.2, 0.25) is 5.88 Å². The van der Waals surface area contributed by atoms with Crippen molar-refractivity contribution in [3.63, 3.8) is 0 Å². The van der Waals surface area contributed by atoms with Crippen molar-refractivity contribution in [3.05, 3.63) is 23.4 Å². The Morgan fingerprint density at radius 2 is 1.95 bits per heavy atom. The highest BCUT2D eigenvalue weighted by atomic mass is 16.5. The Bertz CT molecular complexity index is 414. The number of rotatable bonds is 6. The predicted molar refractivity (Wildman–Crippen MR) is 79.5 cm³/mol. The van der Waals surface area contributed by atoms with Crippen LogP contribution < -0.4 is 10.5 Å². The summed E-state index contributed by atoms with van der Waals surface area (Å²) in [6.07, 6.45) is 0.